The number of hydrogen-bond acceptors (Lipinski definition) is 4. The summed E-state index contributed by atoms with van der Waals surface area (Å²) in [4.78, 5) is 25.4. The van der Waals surface area contributed by atoms with E-state index in [2.05, 4.69) is 10.6 Å². The average molecular weight is 436 g/mol. The van der Waals surface area contributed by atoms with Crippen LogP contribution in [0.5, 0.6) is 0 Å². The monoisotopic (exact) mass is 435 g/mol. The molecule has 0 saturated heterocycles. The molecule has 0 radical (unpaired) electrons. The quantitative estimate of drug-likeness (QED) is 0.666. The van der Waals surface area contributed by atoms with E-state index in [-0.39, 0.29) is 28.9 Å². The third kappa shape index (κ3) is 5.79. The van der Waals surface area contributed by atoms with Gasteiger partial charge in [-0.2, -0.15) is 0 Å². The zero-order valence-corrected chi connectivity index (χ0v) is 18.2. The Balaban J connectivity index is 2.30. The van der Waals surface area contributed by atoms with Crippen LogP contribution in [0.25, 0.3) is 0 Å². The predicted octanol–water partition coefficient (Wildman–Crippen LogP) is 3.15. The molecule has 0 heterocycles. The fraction of sp³-hybridized carbons (Fsp3) is 0.333. The normalized spacial score (nSPS) is 13.2. The van der Waals surface area contributed by atoms with Gasteiger partial charge in [0.15, 0.2) is 0 Å². The lowest BCUT2D eigenvalue weighted by atomic mass is 10.1. The molecule has 0 spiro atoms. The second-order valence-corrected chi connectivity index (χ2v) is 8.89. The number of carbonyl (C=O) groups is 2. The summed E-state index contributed by atoms with van der Waals surface area (Å²) in [5, 5.41) is 5.47. The summed E-state index contributed by atoms with van der Waals surface area (Å²) in [5.74, 6) is -1.49. The van der Waals surface area contributed by atoms with Gasteiger partial charge in [0.1, 0.15) is 11.9 Å². The van der Waals surface area contributed by atoms with E-state index in [1.165, 1.54) is 19.1 Å². The predicted molar refractivity (Wildman–Crippen MR) is 115 cm³/mol. The Kier molecular flexibility index (Phi) is 7.55. The number of halogens is 1. The minimum atomic E-state index is -3.84. The van der Waals surface area contributed by atoms with Gasteiger partial charge in [-0.1, -0.05) is 19.1 Å². The van der Waals surface area contributed by atoms with Gasteiger partial charge < -0.3 is 10.6 Å². The fourth-order valence-electron chi connectivity index (χ4n) is 2.83. The molecule has 2 aromatic carbocycles. The Bertz CT molecular complexity index is 1010. The van der Waals surface area contributed by atoms with E-state index < -0.39 is 27.8 Å². The first-order valence-electron chi connectivity index (χ1n) is 9.50. The van der Waals surface area contributed by atoms with E-state index in [1.807, 2.05) is 13.8 Å². The maximum absolute atomic E-state index is 13.2. The van der Waals surface area contributed by atoms with E-state index in [4.69, 9.17) is 0 Å². The minimum absolute atomic E-state index is 0.0422. The second-order valence-electron chi connectivity index (χ2n) is 7.03. The van der Waals surface area contributed by atoms with Gasteiger partial charge in [-0.3, -0.25) is 13.9 Å². The lowest BCUT2D eigenvalue weighted by Crippen LogP contribution is -2.45. The van der Waals surface area contributed by atoms with Gasteiger partial charge in [0.25, 0.3) is 5.91 Å². The number of nitrogens with zero attached hydrogens (tertiary/aromatic N) is 1. The highest BCUT2D eigenvalue weighted by atomic mass is 32.2. The lowest BCUT2D eigenvalue weighted by molar-refractivity contribution is -0.116. The molecule has 0 fully saturated rings. The molecule has 7 nitrogen and oxygen atoms in total. The van der Waals surface area contributed by atoms with Crippen LogP contribution in [-0.4, -0.2) is 38.6 Å². The van der Waals surface area contributed by atoms with Crippen LogP contribution in [0.15, 0.2) is 48.5 Å². The first kappa shape index (κ1) is 23.3. The lowest BCUT2D eigenvalue weighted by Gasteiger charge is -2.28. The van der Waals surface area contributed by atoms with Gasteiger partial charge in [-0.05, 0) is 56.7 Å². The Morgan fingerprint density at radius 2 is 1.67 bits per heavy atom. The molecular formula is C21H26FN3O4S. The van der Waals surface area contributed by atoms with Gasteiger partial charge in [-0.25, -0.2) is 12.8 Å². The molecule has 0 bridgehead atoms. The summed E-state index contributed by atoms with van der Waals surface area (Å²) >= 11 is 0. The molecule has 0 aliphatic carbocycles. The van der Waals surface area contributed by atoms with Gasteiger partial charge in [0.05, 0.1) is 23.2 Å². The van der Waals surface area contributed by atoms with Crippen molar-refractivity contribution in [3.05, 3.63) is 59.9 Å². The number of rotatable bonds is 8. The summed E-state index contributed by atoms with van der Waals surface area (Å²) in [6.45, 7) is 5.23. The van der Waals surface area contributed by atoms with Crippen molar-refractivity contribution in [1.29, 1.82) is 0 Å². The molecule has 2 rings (SSSR count). The summed E-state index contributed by atoms with van der Waals surface area (Å²) in [6, 6.07) is 10.1. The van der Waals surface area contributed by atoms with Crippen LogP contribution in [0.2, 0.25) is 0 Å². The molecule has 0 unspecified atom stereocenters. The fourth-order valence-corrected chi connectivity index (χ4v) is 4.00. The van der Waals surface area contributed by atoms with E-state index in [0.29, 0.717) is 0 Å². The highest BCUT2D eigenvalue weighted by Gasteiger charge is 2.30. The van der Waals surface area contributed by atoms with Crippen molar-refractivity contribution in [1.82, 2.24) is 5.32 Å². The smallest absolute Gasteiger partial charge is 0.253 e. The van der Waals surface area contributed by atoms with Crippen LogP contribution >= 0.6 is 0 Å². The molecule has 2 aromatic rings. The molecule has 0 aromatic heterocycles. The van der Waals surface area contributed by atoms with Crippen molar-refractivity contribution in [3.63, 3.8) is 0 Å². The standard InChI is InChI=1S/C21H26FN3O4S/c1-5-14(2)23-21(27)18-8-6-7-9-19(18)24-20(26)15(3)25(30(4,28)29)17-12-10-16(22)11-13-17/h6-15H,5H2,1-4H3,(H,23,27)(H,24,26)/t14-,15+/m1/s1. The van der Waals surface area contributed by atoms with Crippen LogP contribution in [0.4, 0.5) is 15.8 Å². The summed E-state index contributed by atoms with van der Waals surface area (Å²) in [5.41, 5.74) is 0.693. The maximum Gasteiger partial charge on any atom is 0.253 e. The Morgan fingerprint density at radius 1 is 1.07 bits per heavy atom. The molecular weight excluding hydrogens is 409 g/mol. The topological polar surface area (TPSA) is 95.6 Å². The molecule has 2 amide bonds. The molecule has 0 aliphatic heterocycles. The summed E-state index contributed by atoms with van der Waals surface area (Å²) < 4.78 is 38.8. The van der Waals surface area contributed by atoms with Crippen LogP contribution in [0.3, 0.4) is 0 Å². The highest BCUT2D eigenvalue weighted by Crippen LogP contribution is 2.23. The number of sulfonamides is 1. The largest absolute Gasteiger partial charge is 0.350 e. The molecule has 2 atom stereocenters. The highest BCUT2D eigenvalue weighted by molar-refractivity contribution is 7.92. The van der Waals surface area contributed by atoms with Crippen molar-refractivity contribution in [2.24, 2.45) is 0 Å². The molecule has 30 heavy (non-hydrogen) atoms. The Morgan fingerprint density at radius 3 is 2.23 bits per heavy atom. The molecule has 0 aliphatic rings. The van der Waals surface area contributed by atoms with Crippen LogP contribution in [0, 0.1) is 5.82 Å². The molecule has 2 N–H and O–H groups in total. The van der Waals surface area contributed by atoms with Gasteiger partial charge in [-0.15, -0.1) is 0 Å². The van der Waals surface area contributed by atoms with E-state index >= 15 is 0 Å². The average Bonchev–Trinajstić information content (AvgIpc) is 2.68. The number of para-hydroxylation sites is 1. The number of amides is 2. The van der Waals surface area contributed by atoms with Gasteiger partial charge in [0.2, 0.25) is 15.9 Å². The van der Waals surface area contributed by atoms with Crippen molar-refractivity contribution in [2.45, 2.75) is 39.3 Å². The molecule has 9 heteroatoms. The number of carbonyl (C=O) groups excluding carboxylic acids is 2. The number of anilines is 2. The number of benzene rings is 2. The minimum Gasteiger partial charge on any atom is -0.350 e. The van der Waals surface area contributed by atoms with Gasteiger partial charge in [0, 0.05) is 6.04 Å². The van der Waals surface area contributed by atoms with Crippen molar-refractivity contribution >= 4 is 33.2 Å². The van der Waals surface area contributed by atoms with E-state index in [1.54, 1.807) is 24.3 Å². The third-order valence-corrected chi connectivity index (χ3v) is 5.83. The third-order valence-electron chi connectivity index (χ3n) is 4.59. The summed E-state index contributed by atoms with van der Waals surface area (Å²) in [7, 11) is -3.84. The van der Waals surface area contributed by atoms with Crippen molar-refractivity contribution < 1.29 is 22.4 Å². The first-order chi connectivity index (χ1) is 14.0. The number of hydrogen-bond donors (Lipinski definition) is 2. The zero-order valence-electron chi connectivity index (χ0n) is 17.3. The van der Waals surface area contributed by atoms with Crippen LogP contribution in [-0.2, 0) is 14.8 Å². The molecule has 162 valence electrons. The SMILES string of the molecule is CC[C@@H](C)NC(=O)c1ccccc1NC(=O)[C@H](C)N(c1ccc(F)cc1)S(C)(=O)=O. The number of nitrogens with one attached hydrogen (secondary N) is 2. The molecule has 0 saturated carbocycles. The van der Waals surface area contributed by atoms with Crippen molar-refractivity contribution in [3.8, 4) is 0 Å². The van der Waals surface area contributed by atoms with Crippen LogP contribution < -0.4 is 14.9 Å². The second kappa shape index (κ2) is 9.71. The Hall–Kier alpha value is -2.94. The maximum atomic E-state index is 13.2. The van der Waals surface area contributed by atoms with E-state index in [9.17, 15) is 22.4 Å². The first-order valence-corrected chi connectivity index (χ1v) is 11.3. The van der Waals surface area contributed by atoms with Gasteiger partial charge >= 0.3 is 0 Å². The Labute approximate surface area is 176 Å². The zero-order chi connectivity index (χ0) is 22.5. The van der Waals surface area contributed by atoms with Crippen molar-refractivity contribution in [2.75, 3.05) is 15.9 Å². The van der Waals surface area contributed by atoms with E-state index in [0.717, 1.165) is 29.1 Å². The summed E-state index contributed by atoms with van der Waals surface area (Å²) in [6.07, 6.45) is 1.71. The van der Waals surface area contributed by atoms with Crippen LogP contribution in [0.1, 0.15) is 37.6 Å².